The fourth-order valence-corrected chi connectivity index (χ4v) is 2.50. The van der Waals surface area contributed by atoms with Crippen molar-refractivity contribution in [3.8, 4) is 0 Å². The Kier molecular flexibility index (Phi) is 3.16. The molecule has 2 aliphatic rings. The van der Waals surface area contributed by atoms with Crippen LogP contribution in [-0.4, -0.2) is 54.0 Å². The van der Waals surface area contributed by atoms with Crippen molar-refractivity contribution in [2.24, 2.45) is 0 Å². The lowest BCUT2D eigenvalue weighted by Gasteiger charge is -2.32. The molecule has 1 spiro atoms. The lowest BCUT2D eigenvalue weighted by atomic mass is 9.91. The Morgan fingerprint density at radius 2 is 2.31 bits per heavy atom. The van der Waals surface area contributed by atoms with E-state index in [4.69, 9.17) is 14.2 Å². The van der Waals surface area contributed by atoms with Crippen LogP contribution in [0, 0.1) is 0 Å². The Labute approximate surface area is 93.1 Å². The van der Waals surface area contributed by atoms with Crippen molar-refractivity contribution >= 4 is 5.97 Å². The molecule has 1 aliphatic heterocycles. The summed E-state index contributed by atoms with van der Waals surface area (Å²) in [5.74, 6) is -0.777. The second kappa shape index (κ2) is 4.29. The average Bonchev–Trinajstić information content (AvgIpc) is 2.76. The Morgan fingerprint density at radius 3 is 2.88 bits per heavy atom. The molecule has 0 aromatic carbocycles. The molecule has 0 aromatic heterocycles. The van der Waals surface area contributed by atoms with E-state index in [0.29, 0.717) is 12.8 Å². The monoisotopic (exact) mass is 232 g/mol. The van der Waals surface area contributed by atoms with Gasteiger partial charge in [0.25, 0.3) is 0 Å². The molecule has 2 rings (SSSR count). The maximum absolute atomic E-state index is 11.2. The van der Waals surface area contributed by atoms with E-state index in [9.17, 15) is 15.0 Å². The van der Waals surface area contributed by atoms with Crippen molar-refractivity contribution in [3.05, 3.63) is 0 Å². The number of ether oxygens (including phenoxy) is 3. The fraction of sp³-hybridized carbons (Fsp3) is 0.900. The van der Waals surface area contributed by atoms with Crippen LogP contribution in [0.25, 0.3) is 0 Å². The first-order valence-corrected chi connectivity index (χ1v) is 5.31. The van der Waals surface area contributed by atoms with Crippen LogP contribution >= 0.6 is 0 Å². The summed E-state index contributed by atoms with van der Waals surface area (Å²) < 4.78 is 15.3. The maximum atomic E-state index is 11.2. The normalized spacial score (nSPS) is 42.9. The Morgan fingerprint density at radius 1 is 1.56 bits per heavy atom. The molecule has 1 aliphatic carbocycles. The van der Waals surface area contributed by atoms with Gasteiger partial charge in [-0.1, -0.05) is 0 Å². The number of esters is 1. The molecule has 2 fully saturated rings. The van der Waals surface area contributed by atoms with Crippen molar-refractivity contribution in [1.29, 1.82) is 0 Å². The SMILES string of the molecule is COCO[C@H]1CCCC12OC(=O)[C@@H](O)C2O. The van der Waals surface area contributed by atoms with E-state index < -0.39 is 29.9 Å². The van der Waals surface area contributed by atoms with Gasteiger partial charge in [0.1, 0.15) is 19.0 Å². The van der Waals surface area contributed by atoms with Crippen molar-refractivity contribution in [1.82, 2.24) is 0 Å². The molecule has 16 heavy (non-hydrogen) atoms. The van der Waals surface area contributed by atoms with E-state index in [-0.39, 0.29) is 6.79 Å². The first-order valence-electron chi connectivity index (χ1n) is 5.31. The van der Waals surface area contributed by atoms with Gasteiger partial charge in [-0.05, 0) is 19.3 Å². The van der Waals surface area contributed by atoms with E-state index in [1.807, 2.05) is 0 Å². The molecule has 0 radical (unpaired) electrons. The van der Waals surface area contributed by atoms with Crippen LogP contribution in [0.15, 0.2) is 0 Å². The summed E-state index contributed by atoms with van der Waals surface area (Å²) in [5.41, 5.74) is -1.09. The van der Waals surface area contributed by atoms with Gasteiger partial charge >= 0.3 is 5.97 Å². The largest absolute Gasteiger partial charge is 0.451 e. The Hall–Kier alpha value is -0.690. The minimum Gasteiger partial charge on any atom is -0.451 e. The van der Waals surface area contributed by atoms with E-state index >= 15 is 0 Å². The zero-order valence-corrected chi connectivity index (χ0v) is 9.09. The quantitative estimate of drug-likeness (QED) is 0.488. The average molecular weight is 232 g/mol. The van der Waals surface area contributed by atoms with Crippen LogP contribution in [0.5, 0.6) is 0 Å². The van der Waals surface area contributed by atoms with Gasteiger partial charge in [0.2, 0.25) is 0 Å². The summed E-state index contributed by atoms with van der Waals surface area (Å²) in [6, 6.07) is 0. The Balaban J connectivity index is 2.13. The van der Waals surface area contributed by atoms with E-state index in [1.54, 1.807) is 0 Å². The number of aliphatic hydroxyl groups excluding tert-OH is 2. The van der Waals surface area contributed by atoms with Crippen molar-refractivity contribution < 1.29 is 29.2 Å². The second-order valence-electron chi connectivity index (χ2n) is 4.22. The highest BCUT2D eigenvalue weighted by molar-refractivity contribution is 5.78. The zero-order valence-electron chi connectivity index (χ0n) is 9.09. The third-order valence-corrected chi connectivity index (χ3v) is 3.30. The van der Waals surface area contributed by atoms with E-state index in [0.717, 1.165) is 6.42 Å². The van der Waals surface area contributed by atoms with Gasteiger partial charge in [-0.2, -0.15) is 0 Å². The second-order valence-corrected chi connectivity index (χ2v) is 4.22. The zero-order chi connectivity index (χ0) is 11.8. The standard InChI is InChI=1S/C10H16O6/c1-14-5-15-6-3-2-4-10(6)8(12)7(11)9(13)16-10/h6-8,11-12H,2-5H2,1H3/t6-,7-,8?,10?/m0/s1. The van der Waals surface area contributed by atoms with Gasteiger partial charge in [0.15, 0.2) is 11.7 Å². The third kappa shape index (κ3) is 1.62. The summed E-state index contributed by atoms with van der Waals surface area (Å²) in [7, 11) is 1.49. The van der Waals surface area contributed by atoms with Crippen molar-refractivity contribution in [3.63, 3.8) is 0 Å². The van der Waals surface area contributed by atoms with Crippen molar-refractivity contribution in [2.75, 3.05) is 13.9 Å². The molecule has 0 amide bonds. The van der Waals surface area contributed by atoms with Gasteiger partial charge in [0.05, 0.1) is 0 Å². The molecule has 0 aromatic rings. The predicted octanol–water partition coefficient (Wildman–Crippen LogP) is -0.823. The first-order chi connectivity index (χ1) is 7.62. The topological polar surface area (TPSA) is 85.2 Å². The number of rotatable bonds is 3. The number of methoxy groups -OCH3 is 1. The molecule has 92 valence electrons. The number of hydrogen-bond donors (Lipinski definition) is 2. The predicted molar refractivity (Wildman–Crippen MR) is 51.4 cm³/mol. The fourth-order valence-electron chi connectivity index (χ4n) is 2.50. The number of hydrogen-bond acceptors (Lipinski definition) is 6. The van der Waals surface area contributed by atoms with Gasteiger partial charge < -0.3 is 24.4 Å². The van der Waals surface area contributed by atoms with Crippen LogP contribution in [0.4, 0.5) is 0 Å². The van der Waals surface area contributed by atoms with Crippen LogP contribution < -0.4 is 0 Å². The van der Waals surface area contributed by atoms with Gasteiger partial charge in [0, 0.05) is 7.11 Å². The minimum absolute atomic E-state index is 0.0762. The van der Waals surface area contributed by atoms with Gasteiger partial charge in [-0.25, -0.2) is 4.79 Å². The van der Waals surface area contributed by atoms with Crippen LogP contribution in [0.2, 0.25) is 0 Å². The molecular weight excluding hydrogens is 216 g/mol. The molecule has 6 heteroatoms. The van der Waals surface area contributed by atoms with Gasteiger partial charge in [-0.15, -0.1) is 0 Å². The minimum atomic E-state index is -1.47. The molecule has 1 heterocycles. The molecular formula is C10H16O6. The number of carbonyl (C=O) groups excluding carboxylic acids is 1. The molecule has 1 saturated carbocycles. The lowest BCUT2D eigenvalue weighted by Crippen LogP contribution is -2.50. The summed E-state index contributed by atoms with van der Waals surface area (Å²) in [5, 5.41) is 19.3. The highest BCUT2D eigenvalue weighted by Gasteiger charge is 2.61. The first kappa shape index (κ1) is 11.8. The maximum Gasteiger partial charge on any atom is 0.338 e. The smallest absolute Gasteiger partial charge is 0.338 e. The van der Waals surface area contributed by atoms with Crippen LogP contribution in [-0.2, 0) is 19.0 Å². The summed E-state index contributed by atoms with van der Waals surface area (Å²) in [4.78, 5) is 11.2. The highest BCUT2D eigenvalue weighted by Crippen LogP contribution is 2.43. The van der Waals surface area contributed by atoms with Crippen molar-refractivity contribution in [2.45, 2.75) is 43.2 Å². The molecule has 6 nitrogen and oxygen atoms in total. The van der Waals surface area contributed by atoms with Crippen LogP contribution in [0.1, 0.15) is 19.3 Å². The van der Waals surface area contributed by atoms with E-state index in [1.165, 1.54) is 7.11 Å². The molecule has 0 bridgehead atoms. The van der Waals surface area contributed by atoms with E-state index in [2.05, 4.69) is 0 Å². The molecule has 4 atom stereocenters. The van der Waals surface area contributed by atoms with Crippen LogP contribution in [0.3, 0.4) is 0 Å². The number of carbonyl (C=O) groups is 1. The third-order valence-electron chi connectivity index (χ3n) is 3.30. The number of aliphatic hydroxyl groups is 2. The molecule has 2 unspecified atom stereocenters. The Bertz CT molecular complexity index is 280. The summed E-state index contributed by atoms with van der Waals surface area (Å²) >= 11 is 0. The summed E-state index contributed by atoms with van der Waals surface area (Å²) in [6.45, 7) is 0.0762. The molecule has 1 saturated heterocycles. The molecule has 2 N–H and O–H groups in total. The lowest BCUT2D eigenvalue weighted by molar-refractivity contribution is -0.182. The summed E-state index contributed by atoms with van der Waals surface area (Å²) in [6.07, 6.45) is -1.13. The highest BCUT2D eigenvalue weighted by atomic mass is 16.7. The van der Waals surface area contributed by atoms with Gasteiger partial charge in [-0.3, -0.25) is 0 Å².